The summed E-state index contributed by atoms with van der Waals surface area (Å²) in [5.41, 5.74) is 0. The van der Waals surface area contributed by atoms with Gasteiger partial charge in [-0.1, -0.05) is 19.3 Å². The third kappa shape index (κ3) is 3.98. The van der Waals surface area contributed by atoms with Gasteiger partial charge in [-0.3, -0.25) is 4.79 Å². The second-order valence-corrected chi connectivity index (χ2v) is 5.62. The van der Waals surface area contributed by atoms with Crippen molar-refractivity contribution in [2.75, 3.05) is 6.61 Å². The molecule has 0 aromatic heterocycles. The maximum absolute atomic E-state index is 11.6. The average molecular weight is 254 g/mol. The third-order valence-electron chi connectivity index (χ3n) is 4.23. The van der Waals surface area contributed by atoms with E-state index in [1.807, 2.05) is 6.92 Å². The number of ether oxygens (including phenoxy) is 2. The first-order chi connectivity index (χ1) is 8.79. The van der Waals surface area contributed by atoms with Crippen molar-refractivity contribution in [2.24, 2.45) is 5.92 Å². The molecule has 2 fully saturated rings. The standard InChI is InChI=1S/C15H26O3/c1-2-17-15(16)12-8-10-14(11-9-12)18-13-6-4-3-5-7-13/h12-14H,2-11H2,1H3/t12-,14+. The molecule has 0 spiro atoms. The van der Waals surface area contributed by atoms with E-state index in [9.17, 15) is 4.79 Å². The average Bonchev–Trinajstić information content (AvgIpc) is 2.41. The summed E-state index contributed by atoms with van der Waals surface area (Å²) >= 11 is 0. The van der Waals surface area contributed by atoms with Gasteiger partial charge < -0.3 is 9.47 Å². The van der Waals surface area contributed by atoms with Crippen LogP contribution in [0.5, 0.6) is 0 Å². The van der Waals surface area contributed by atoms with Gasteiger partial charge in [-0.2, -0.15) is 0 Å². The molecule has 0 amide bonds. The van der Waals surface area contributed by atoms with Crippen LogP contribution in [0.2, 0.25) is 0 Å². The van der Waals surface area contributed by atoms with Crippen molar-refractivity contribution in [3.05, 3.63) is 0 Å². The van der Waals surface area contributed by atoms with Crippen LogP contribution in [0.1, 0.15) is 64.7 Å². The van der Waals surface area contributed by atoms with Gasteiger partial charge in [0.2, 0.25) is 0 Å². The molecule has 0 aliphatic heterocycles. The van der Waals surface area contributed by atoms with E-state index >= 15 is 0 Å². The van der Waals surface area contributed by atoms with Crippen molar-refractivity contribution in [3.8, 4) is 0 Å². The molecule has 0 unspecified atom stereocenters. The smallest absolute Gasteiger partial charge is 0.308 e. The SMILES string of the molecule is CCOC(=O)[C@H]1CC[C@@H](OC2CCCCC2)CC1. The van der Waals surface area contributed by atoms with Gasteiger partial charge in [0, 0.05) is 0 Å². The minimum atomic E-state index is -0.00591. The normalized spacial score (nSPS) is 30.1. The Bertz CT molecular complexity index is 250. The van der Waals surface area contributed by atoms with Crippen LogP contribution >= 0.6 is 0 Å². The minimum Gasteiger partial charge on any atom is -0.466 e. The molecular formula is C15H26O3. The Labute approximate surface area is 110 Å². The zero-order valence-corrected chi connectivity index (χ0v) is 11.5. The van der Waals surface area contributed by atoms with Gasteiger partial charge >= 0.3 is 5.97 Å². The molecule has 2 rings (SSSR count). The van der Waals surface area contributed by atoms with Crippen LogP contribution in [-0.4, -0.2) is 24.8 Å². The lowest BCUT2D eigenvalue weighted by Gasteiger charge is -2.32. The summed E-state index contributed by atoms with van der Waals surface area (Å²) in [5, 5.41) is 0. The second kappa shape index (κ2) is 7.13. The van der Waals surface area contributed by atoms with E-state index in [-0.39, 0.29) is 11.9 Å². The second-order valence-electron chi connectivity index (χ2n) is 5.62. The quantitative estimate of drug-likeness (QED) is 0.721. The van der Waals surface area contributed by atoms with Crippen LogP contribution in [0, 0.1) is 5.92 Å². The number of hydrogen-bond acceptors (Lipinski definition) is 3. The zero-order valence-electron chi connectivity index (χ0n) is 11.5. The number of carbonyl (C=O) groups is 1. The summed E-state index contributed by atoms with van der Waals surface area (Å²) in [5.74, 6) is 0.116. The van der Waals surface area contributed by atoms with Crippen molar-refractivity contribution in [2.45, 2.75) is 76.9 Å². The Hall–Kier alpha value is -0.570. The van der Waals surface area contributed by atoms with Crippen LogP contribution in [0.25, 0.3) is 0 Å². The van der Waals surface area contributed by atoms with Crippen molar-refractivity contribution >= 4 is 5.97 Å². The van der Waals surface area contributed by atoms with E-state index in [1.54, 1.807) is 0 Å². The molecular weight excluding hydrogens is 228 g/mol. The lowest BCUT2D eigenvalue weighted by Crippen LogP contribution is -2.31. The molecule has 3 nitrogen and oxygen atoms in total. The monoisotopic (exact) mass is 254 g/mol. The number of hydrogen-bond donors (Lipinski definition) is 0. The number of esters is 1. The van der Waals surface area contributed by atoms with Gasteiger partial charge in [0.25, 0.3) is 0 Å². The largest absolute Gasteiger partial charge is 0.466 e. The van der Waals surface area contributed by atoms with Gasteiger partial charge in [-0.15, -0.1) is 0 Å². The first kappa shape index (κ1) is 13.9. The molecule has 0 aromatic carbocycles. The Morgan fingerprint density at radius 3 is 2.17 bits per heavy atom. The molecule has 104 valence electrons. The lowest BCUT2D eigenvalue weighted by atomic mass is 9.87. The highest BCUT2D eigenvalue weighted by atomic mass is 16.5. The van der Waals surface area contributed by atoms with Crippen molar-refractivity contribution in [1.82, 2.24) is 0 Å². The maximum atomic E-state index is 11.6. The minimum absolute atomic E-state index is 0.00591. The third-order valence-corrected chi connectivity index (χ3v) is 4.23. The number of carbonyl (C=O) groups excluding carboxylic acids is 1. The summed E-state index contributed by atoms with van der Waals surface area (Å²) in [6.07, 6.45) is 11.3. The first-order valence-corrected chi connectivity index (χ1v) is 7.61. The molecule has 18 heavy (non-hydrogen) atoms. The van der Waals surface area contributed by atoms with Crippen LogP contribution in [-0.2, 0) is 14.3 Å². The fraction of sp³-hybridized carbons (Fsp3) is 0.933. The zero-order chi connectivity index (χ0) is 12.8. The van der Waals surface area contributed by atoms with Crippen LogP contribution in [0.3, 0.4) is 0 Å². The van der Waals surface area contributed by atoms with E-state index < -0.39 is 0 Å². The fourth-order valence-corrected chi connectivity index (χ4v) is 3.17. The number of rotatable bonds is 4. The lowest BCUT2D eigenvalue weighted by molar-refractivity contribution is -0.150. The Morgan fingerprint density at radius 1 is 0.944 bits per heavy atom. The summed E-state index contributed by atoms with van der Waals surface area (Å²) in [6, 6.07) is 0. The van der Waals surface area contributed by atoms with Gasteiger partial charge in [0.1, 0.15) is 0 Å². The molecule has 0 radical (unpaired) electrons. The molecule has 2 aliphatic carbocycles. The Morgan fingerprint density at radius 2 is 1.56 bits per heavy atom. The van der Waals surface area contributed by atoms with E-state index in [4.69, 9.17) is 9.47 Å². The van der Waals surface area contributed by atoms with Crippen molar-refractivity contribution in [3.63, 3.8) is 0 Å². The maximum Gasteiger partial charge on any atom is 0.308 e. The Kier molecular flexibility index (Phi) is 5.48. The summed E-state index contributed by atoms with van der Waals surface area (Å²) in [7, 11) is 0. The van der Waals surface area contributed by atoms with Crippen LogP contribution < -0.4 is 0 Å². The molecule has 0 N–H and O–H groups in total. The molecule has 2 aliphatic rings. The topological polar surface area (TPSA) is 35.5 Å². The predicted molar refractivity (Wildman–Crippen MR) is 70.3 cm³/mol. The summed E-state index contributed by atoms with van der Waals surface area (Å²) in [4.78, 5) is 11.6. The van der Waals surface area contributed by atoms with E-state index in [1.165, 1.54) is 32.1 Å². The molecule has 0 aromatic rings. The van der Waals surface area contributed by atoms with Crippen LogP contribution in [0.15, 0.2) is 0 Å². The predicted octanol–water partition coefficient (Wildman–Crippen LogP) is 3.46. The molecule has 0 atom stereocenters. The highest BCUT2D eigenvalue weighted by Crippen LogP contribution is 2.30. The molecule has 3 heteroatoms. The Balaban J connectivity index is 1.68. The van der Waals surface area contributed by atoms with Gasteiger partial charge in [-0.25, -0.2) is 0 Å². The summed E-state index contributed by atoms with van der Waals surface area (Å²) in [6.45, 7) is 2.37. The molecule has 0 saturated heterocycles. The van der Waals surface area contributed by atoms with E-state index in [0.717, 1.165) is 25.7 Å². The highest BCUT2D eigenvalue weighted by Gasteiger charge is 2.29. The van der Waals surface area contributed by atoms with Gasteiger partial charge in [0.15, 0.2) is 0 Å². The fourth-order valence-electron chi connectivity index (χ4n) is 3.17. The molecule has 0 heterocycles. The van der Waals surface area contributed by atoms with E-state index in [2.05, 4.69) is 0 Å². The van der Waals surface area contributed by atoms with Gasteiger partial charge in [0.05, 0.1) is 24.7 Å². The van der Waals surface area contributed by atoms with Gasteiger partial charge in [-0.05, 0) is 45.4 Å². The highest BCUT2D eigenvalue weighted by molar-refractivity contribution is 5.72. The van der Waals surface area contributed by atoms with Crippen molar-refractivity contribution in [1.29, 1.82) is 0 Å². The van der Waals surface area contributed by atoms with Crippen molar-refractivity contribution < 1.29 is 14.3 Å². The van der Waals surface area contributed by atoms with Crippen LogP contribution in [0.4, 0.5) is 0 Å². The first-order valence-electron chi connectivity index (χ1n) is 7.61. The molecule has 2 saturated carbocycles. The molecule has 0 bridgehead atoms. The summed E-state index contributed by atoms with van der Waals surface area (Å²) < 4.78 is 11.3. The van der Waals surface area contributed by atoms with E-state index in [0.29, 0.717) is 18.8 Å².